The standard InChI is InChI=1S/C11H12Cl2N4/c1-4-9-14-8(12)5-10(15-9)17-7(3)11(13)6(2)16-17/h5H,4H2,1-3H3. The Balaban J connectivity index is 2.59. The van der Waals surface area contributed by atoms with Crippen molar-refractivity contribution in [3.05, 3.63) is 33.5 Å². The number of nitrogens with zero attached hydrogens (tertiary/aromatic N) is 4. The van der Waals surface area contributed by atoms with Gasteiger partial charge in [-0.25, -0.2) is 14.6 Å². The molecule has 0 amide bonds. The van der Waals surface area contributed by atoms with Gasteiger partial charge in [0.1, 0.15) is 11.0 Å². The number of hydrogen-bond acceptors (Lipinski definition) is 3. The van der Waals surface area contributed by atoms with E-state index in [4.69, 9.17) is 23.2 Å². The molecular weight excluding hydrogens is 259 g/mol. The van der Waals surface area contributed by atoms with Crippen LogP contribution in [0.15, 0.2) is 6.07 Å². The second kappa shape index (κ2) is 4.63. The number of hydrogen-bond donors (Lipinski definition) is 0. The van der Waals surface area contributed by atoms with Crippen LogP contribution in [0.25, 0.3) is 5.82 Å². The first-order chi connectivity index (χ1) is 8.02. The van der Waals surface area contributed by atoms with Crippen LogP contribution in [-0.2, 0) is 6.42 Å². The molecule has 0 aliphatic rings. The van der Waals surface area contributed by atoms with Gasteiger partial charge >= 0.3 is 0 Å². The van der Waals surface area contributed by atoms with E-state index in [1.807, 2.05) is 20.8 Å². The fourth-order valence-corrected chi connectivity index (χ4v) is 1.88. The minimum Gasteiger partial charge on any atom is -0.221 e. The van der Waals surface area contributed by atoms with Crippen molar-refractivity contribution < 1.29 is 0 Å². The quantitative estimate of drug-likeness (QED) is 0.788. The Hall–Kier alpha value is -1.13. The van der Waals surface area contributed by atoms with Crippen molar-refractivity contribution in [2.24, 2.45) is 0 Å². The molecule has 2 rings (SSSR count). The molecule has 0 fully saturated rings. The zero-order valence-electron chi connectivity index (χ0n) is 9.83. The predicted molar refractivity (Wildman–Crippen MR) is 68.0 cm³/mol. The maximum absolute atomic E-state index is 6.10. The van der Waals surface area contributed by atoms with Gasteiger partial charge in [-0.2, -0.15) is 5.10 Å². The predicted octanol–water partition coefficient (Wildman–Crippen LogP) is 3.15. The molecule has 0 N–H and O–H groups in total. The van der Waals surface area contributed by atoms with Crippen molar-refractivity contribution in [2.45, 2.75) is 27.2 Å². The van der Waals surface area contributed by atoms with Crippen LogP contribution < -0.4 is 0 Å². The average Bonchev–Trinajstić information content (AvgIpc) is 2.56. The zero-order chi connectivity index (χ0) is 12.6. The molecule has 2 aromatic heterocycles. The lowest BCUT2D eigenvalue weighted by Gasteiger charge is -2.05. The van der Waals surface area contributed by atoms with Crippen LogP contribution in [0.2, 0.25) is 10.2 Å². The molecule has 0 aliphatic heterocycles. The lowest BCUT2D eigenvalue weighted by atomic mass is 10.4. The summed E-state index contributed by atoms with van der Waals surface area (Å²) < 4.78 is 1.68. The summed E-state index contributed by atoms with van der Waals surface area (Å²) in [6.07, 6.45) is 0.723. The number of halogens is 2. The Morgan fingerprint density at radius 3 is 2.47 bits per heavy atom. The fourth-order valence-electron chi connectivity index (χ4n) is 1.56. The minimum atomic E-state index is 0.413. The molecule has 0 atom stereocenters. The van der Waals surface area contributed by atoms with Crippen LogP contribution in [-0.4, -0.2) is 19.7 Å². The largest absolute Gasteiger partial charge is 0.221 e. The van der Waals surface area contributed by atoms with Gasteiger partial charge in [-0.15, -0.1) is 0 Å². The first kappa shape index (κ1) is 12.3. The molecule has 0 saturated heterocycles. The summed E-state index contributed by atoms with van der Waals surface area (Å²) in [7, 11) is 0. The Kier molecular flexibility index (Phi) is 3.35. The van der Waals surface area contributed by atoms with E-state index in [9.17, 15) is 0 Å². The van der Waals surface area contributed by atoms with Crippen LogP contribution in [0.3, 0.4) is 0 Å². The summed E-state index contributed by atoms with van der Waals surface area (Å²) in [6.45, 7) is 5.73. The molecule has 6 heteroatoms. The monoisotopic (exact) mass is 270 g/mol. The van der Waals surface area contributed by atoms with E-state index < -0.39 is 0 Å². The first-order valence-corrected chi connectivity index (χ1v) is 6.04. The van der Waals surface area contributed by atoms with Crippen LogP contribution in [0, 0.1) is 13.8 Å². The molecule has 0 saturated carbocycles. The van der Waals surface area contributed by atoms with Gasteiger partial charge in [0.05, 0.1) is 16.4 Å². The molecule has 0 bridgehead atoms. The first-order valence-electron chi connectivity index (χ1n) is 5.28. The summed E-state index contributed by atoms with van der Waals surface area (Å²) in [6, 6.07) is 1.68. The van der Waals surface area contributed by atoms with Crippen molar-refractivity contribution in [3.8, 4) is 5.82 Å². The highest BCUT2D eigenvalue weighted by Gasteiger charge is 2.13. The van der Waals surface area contributed by atoms with E-state index in [1.165, 1.54) is 0 Å². The molecule has 2 heterocycles. The second-order valence-corrected chi connectivity index (χ2v) is 4.48. The van der Waals surface area contributed by atoms with E-state index in [0.717, 1.165) is 17.8 Å². The fraction of sp³-hybridized carbons (Fsp3) is 0.364. The molecule has 0 spiro atoms. The van der Waals surface area contributed by atoms with Gasteiger partial charge in [0, 0.05) is 12.5 Å². The zero-order valence-corrected chi connectivity index (χ0v) is 11.3. The van der Waals surface area contributed by atoms with Crippen LogP contribution in [0.5, 0.6) is 0 Å². The van der Waals surface area contributed by atoms with Gasteiger partial charge in [0.25, 0.3) is 0 Å². The normalized spacial score (nSPS) is 10.9. The highest BCUT2D eigenvalue weighted by atomic mass is 35.5. The van der Waals surface area contributed by atoms with Gasteiger partial charge in [-0.3, -0.25) is 0 Å². The molecule has 0 unspecified atom stereocenters. The van der Waals surface area contributed by atoms with Gasteiger partial charge in [0.15, 0.2) is 5.82 Å². The van der Waals surface area contributed by atoms with E-state index in [0.29, 0.717) is 21.8 Å². The smallest absolute Gasteiger partial charge is 0.158 e. The molecule has 0 radical (unpaired) electrons. The number of aromatic nitrogens is 4. The number of aryl methyl sites for hydroxylation is 2. The molecule has 90 valence electrons. The maximum Gasteiger partial charge on any atom is 0.158 e. The third-order valence-electron chi connectivity index (χ3n) is 2.46. The lowest BCUT2D eigenvalue weighted by molar-refractivity contribution is 0.783. The van der Waals surface area contributed by atoms with Crippen molar-refractivity contribution in [2.75, 3.05) is 0 Å². The molecule has 0 aromatic carbocycles. The van der Waals surface area contributed by atoms with Crippen molar-refractivity contribution >= 4 is 23.2 Å². The molecule has 17 heavy (non-hydrogen) atoms. The summed E-state index contributed by atoms with van der Waals surface area (Å²) in [4.78, 5) is 8.50. The highest BCUT2D eigenvalue weighted by molar-refractivity contribution is 6.31. The van der Waals surface area contributed by atoms with E-state index in [1.54, 1.807) is 10.7 Å². The summed E-state index contributed by atoms with van der Waals surface area (Å²) in [5.74, 6) is 1.34. The molecule has 0 aliphatic carbocycles. The second-order valence-electron chi connectivity index (χ2n) is 3.72. The summed E-state index contributed by atoms with van der Waals surface area (Å²) >= 11 is 12.1. The maximum atomic E-state index is 6.10. The van der Waals surface area contributed by atoms with Crippen LogP contribution >= 0.6 is 23.2 Å². The summed E-state index contributed by atoms with van der Waals surface area (Å²) in [5, 5.41) is 5.40. The molecular formula is C11H12Cl2N4. The third-order valence-corrected chi connectivity index (χ3v) is 3.20. The lowest BCUT2D eigenvalue weighted by Crippen LogP contribution is -2.05. The van der Waals surface area contributed by atoms with Crippen molar-refractivity contribution in [1.82, 2.24) is 19.7 Å². The Labute approximate surface area is 110 Å². The SMILES string of the molecule is CCc1nc(Cl)cc(-n2nc(C)c(Cl)c2C)n1. The third kappa shape index (κ3) is 2.28. The average molecular weight is 271 g/mol. The topological polar surface area (TPSA) is 43.6 Å². The Bertz CT molecular complexity index is 563. The van der Waals surface area contributed by atoms with Gasteiger partial charge < -0.3 is 0 Å². The van der Waals surface area contributed by atoms with Crippen LogP contribution in [0.1, 0.15) is 24.1 Å². The Morgan fingerprint density at radius 2 is 1.94 bits per heavy atom. The van der Waals surface area contributed by atoms with E-state index >= 15 is 0 Å². The van der Waals surface area contributed by atoms with Crippen molar-refractivity contribution in [3.63, 3.8) is 0 Å². The Morgan fingerprint density at radius 1 is 1.24 bits per heavy atom. The van der Waals surface area contributed by atoms with Crippen LogP contribution in [0.4, 0.5) is 0 Å². The van der Waals surface area contributed by atoms with Crippen molar-refractivity contribution in [1.29, 1.82) is 0 Å². The summed E-state index contributed by atoms with van der Waals surface area (Å²) in [5.41, 5.74) is 1.62. The van der Waals surface area contributed by atoms with Gasteiger partial charge in [-0.1, -0.05) is 30.1 Å². The molecule has 4 nitrogen and oxygen atoms in total. The minimum absolute atomic E-state index is 0.413. The van der Waals surface area contributed by atoms with Gasteiger partial charge in [0.2, 0.25) is 0 Å². The highest BCUT2D eigenvalue weighted by Crippen LogP contribution is 2.22. The number of rotatable bonds is 2. The molecule has 2 aromatic rings. The van der Waals surface area contributed by atoms with E-state index in [2.05, 4.69) is 15.1 Å². The van der Waals surface area contributed by atoms with Gasteiger partial charge in [-0.05, 0) is 13.8 Å². The van der Waals surface area contributed by atoms with E-state index in [-0.39, 0.29) is 0 Å².